The number of rotatable bonds is 2. The number of likely N-dealkylation sites (tertiary alicyclic amines) is 1. The first-order valence-corrected chi connectivity index (χ1v) is 8.76. The molecule has 142 valence electrons. The van der Waals surface area contributed by atoms with Gasteiger partial charge in [-0.15, -0.1) is 0 Å². The van der Waals surface area contributed by atoms with Crippen molar-refractivity contribution >= 4 is 5.91 Å². The maximum atomic E-state index is 14.5. The van der Waals surface area contributed by atoms with Crippen molar-refractivity contribution in [2.75, 3.05) is 13.1 Å². The highest BCUT2D eigenvalue weighted by atomic mass is 19.1. The summed E-state index contributed by atoms with van der Waals surface area (Å²) in [6.45, 7) is 2.45. The molecule has 0 aromatic heterocycles. The summed E-state index contributed by atoms with van der Waals surface area (Å²) in [4.78, 5) is 14.2. The SMILES string of the molecule is CC1(O)CCN(C(=O)c2cc3c(cc2F)OC(c2ccc(F)cc2)O3)CC1. The summed E-state index contributed by atoms with van der Waals surface area (Å²) in [6.07, 6.45) is 0.0604. The number of carbonyl (C=O) groups is 1. The Morgan fingerprint density at radius 2 is 1.70 bits per heavy atom. The van der Waals surface area contributed by atoms with E-state index in [9.17, 15) is 18.7 Å². The number of aliphatic hydroxyl groups is 1. The van der Waals surface area contributed by atoms with Crippen molar-refractivity contribution in [3.8, 4) is 11.5 Å². The molecule has 1 amide bonds. The number of benzene rings is 2. The molecule has 0 aliphatic carbocycles. The predicted molar refractivity (Wildman–Crippen MR) is 92.6 cm³/mol. The molecule has 0 radical (unpaired) electrons. The zero-order chi connectivity index (χ0) is 19.2. The van der Waals surface area contributed by atoms with Crippen LogP contribution in [0.2, 0.25) is 0 Å². The van der Waals surface area contributed by atoms with E-state index in [0.717, 1.165) is 6.07 Å². The van der Waals surface area contributed by atoms with Crippen molar-refractivity contribution in [3.63, 3.8) is 0 Å². The van der Waals surface area contributed by atoms with Gasteiger partial charge in [0.1, 0.15) is 11.6 Å². The standard InChI is InChI=1S/C20H19F2NO4/c1-20(25)6-8-23(9-7-20)18(24)14-10-16-17(11-15(14)22)27-19(26-16)12-2-4-13(21)5-3-12/h2-5,10-11,19,25H,6-9H2,1H3. The first-order valence-electron chi connectivity index (χ1n) is 8.76. The van der Waals surface area contributed by atoms with Crippen LogP contribution in [0.3, 0.4) is 0 Å². The summed E-state index contributed by atoms with van der Waals surface area (Å²) in [6, 6.07) is 8.08. The lowest BCUT2D eigenvalue weighted by atomic mass is 9.93. The highest BCUT2D eigenvalue weighted by Gasteiger charge is 2.33. The number of carbonyl (C=O) groups excluding carboxylic acids is 1. The van der Waals surface area contributed by atoms with Crippen LogP contribution in [0.1, 0.15) is 42.0 Å². The van der Waals surface area contributed by atoms with Gasteiger partial charge < -0.3 is 19.5 Å². The molecule has 2 aromatic rings. The first-order chi connectivity index (χ1) is 12.8. The first kappa shape index (κ1) is 17.7. The Balaban J connectivity index is 1.54. The van der Waals surface area contributed by atoms with Gasteiger partial charge in [-0.2, -0.15) is 0 Å². The number of piperidine rings is 1. The fraction of sp³-hybridized carbons (Fsp3) is 0.350. The molecule has 4 rings (SSSR count). The lowest BCUT2D eigenvalue weighted by Crippen LogP contribution is -2.45. The van der Waals surface area contributed by atoms with E-state index in [2.05, 4.69) is 0 Å². The number of hydrogen-bond donors (Lipinski definition) is 1. The van der Waals surface area contributed by atoms with Crippen LogP contribution in [0.15, 0.2) is 36.4 Å². The smallest absolute Gasteiger partial charge is 0.267 e. The molecule has 1 fully saturated rings. The zero-order valence-corrected chi connectivity index (χ0v) is 14.7. The number of ether oxygens (including phenoxy) is 2. The average molecular weight is 375 g/mol. The number of fused-ring (bicyclic) bond motifs is 1. The summed E-state index contributed by atoms with van der Waals surface area (Å²) in [7, 11) is 0. The minimum Gasteiger partial charge on any atom is -0.447 e. The molecule has 0 spiro atoms. The van der Waals surface area contributed by atoms with Crippen LogP contribution in [-0.2, 0) is 0 Å². The molecule has 1 atom stereocenters. The molecule has 2 aromatic carbocycles. The number of amides is 1. The van der Waals surface area contributed by atoms with Gasteiger partial charge in [0.25, 0.3) is 12.2 Å². The van der Waals surface area contributed by atoms with E-state index in [0.29, 0.717) is 31.5 Å². The minimum absolute atomic E-state index is 0.0985. The molecule has 0 saturated carbocycles. The van der Waals surface area contributed by atoms with Crippen molar-refractivity contribution in [1.29, 1.82) is 0 Å². The lowest BCUT2D eigenvalue weighted by molar-refractivity contribution is -0.00216. The van der Waals surface area contributed by atoms with E-state index < -0.39 is 23.6 Å². The van der Waals surface area contributed by atoms with Crippen molar-refractivity contribution in [1.82, 2.24) is 4.90 Å². The predicted octanol–water partition coefficient (Wildman–Crippen LogP) is 3.42. The quantitative estimate of drug-likeness (QED) is 0.874. The van der Waals surface area contributed by atoms with Crippen LogP contribution >= 0.6 is 0 Å². The van der Waals surface area contributed by atoms with Crippen LogP contribution in [-0.4, -0.2) is 34.6 Å². The number of hydrogen-bond acceptors (Lipinski definition) is 4. The monoisotopic (exact) mass is 375 g/mol. The van der Waals surface area contributed by atoms with Gasteiger partial charge in [-0.1, -0.05) is 0 Å². The van der Waals surface area contributed by atoms with Crippen LogP contribution in [0.5, 0.6) is 11.5 Å². The van der Waals surface area contributed by atoms with E-state index in [4.69, 9.17) is 9.47 Å². The summed E-state index contributed by atoms with van der Waals surface area (Å²) in [5.41, 5.74) is -0.315. The van der Waals surface area contributed by atoms with Gasteiger partial charge in [-0.25, -0.2) is 8.78 Å². The second-order valence-corrected chi connectivity index (χ2v) is 7.19. The summed E-state index contributed by atoms with van der Waals surface area (Å²) >= 11 is 0. The second-order valence-electron chi connectivity index (χ2n) is 7.19. The van der Waals surface area contributed by atoms with Crippen molar-refractivity contribution in [2.24, 2.45) is 0 Å². The Kier molecular flexibility index (Phi) is 4.26. The van der Waals surface area contributed by atoms with Gasteiger partial charge in [-0.3, -0.25) is 4.79 Å². The largest absolute Gasteiger partial charge is 0.447 e. The maximum absolute atomic E-state index is 14.5. The third kappa shape index (κ3) is 3.47. The molecule has 1 saturated heterocycles. The van der Waals surface area contributed by atoms with E-state index in [1.54, 1.807) is 6.92 Å². The molecule has 1 N–H and O–H groups in total. The van der Waals surface area contributed by atoms with Crippen molar-refractivity contribution in [2.45, 2.75) is 31.7 Å². The molecule has 5 nitrogen and oxygen atoms in total. The third-order valence-electron chi connectivity index (χ3n) is 5.00. The van der Waals surface area contributed by atoms with Crippen molar-refractivity contribution in [3.05, 3.63) is 59.2 Å². The van der Waals surface area contributed by atoms with E-state index in [1.807, 2.05) is 0 Å². The van der Waals surface area contributed by atoms with Crippen molar-refractivity contribution < 1.29 is 28.2 Å². The molecule has 2 aliphatic rings. The number of halogens is 2. The Morgan fingerprint density at radius 1 is 1.11 bits per heavy atom. The summed E-state index contributed by atoms with van der Waals surface area (Å²) in [5.74, 6) is -1.06. The fourth-order valence-electron chi connectivity index (χ4n) is 3.26. The topological polar surface area (TPSA) is 59.0 Å². The summed E-state index contributed by atoms with van der Waals surface area (Å²) < 4.78 is 38.8. The molecule has 2 aliphatic heterocycles. The second kappa shape index (κ2) is 6.49. The van der Waals surface area contributed by atoms with Gasteiger partial charge in [0.05, 0.1) is 11.2 Å². The van der Waals surface area contributed by atoms with Crippen LogP contribution in [0.25, 0.3) is 0 Å². The molecule has 7 heteroatoms. The minimum atomic E-state index is -0.824. The highest BCUT2D eigenvalue weighted by Crippen LogP contribution is 2.42. The molecular formula is C20H19F2NO4. The van der Waals surface area contributed by atoms with Crippen LogP contribution in [0.4, 0.5) is 8.78 Å². The van der Waals surface area contributed by atoms with Gasteiger partial charge in [-0.05, 0) is 50.1 Å². The highest BCUT2D eigenvalue weighted by molar-refractivity contribution is 5.95. The van der Waals surface area contributed by atoms with Gasteiger partial charge in [0.2, 0.25) is 0 Å². The van der Waals surface area contributed by atoms with Gasteiger partial charge >= 0.3 is 0 Å². The van der Waals surface area contributed by atoms with Gasteiger partial charge in [0, 0.05) is 24.7 Å². The Morgan fingerprint density at radius 3 is 2.33 bits per heavy atom. The molecule has 0 bridgehead atoms. The Bertz CT molecular complexity index is 872. The fourth-order valence-corrected chi connectivity index (χ4v) is 3.26. The molecule has 27 heavy (non-hydrogen) atoms. The lowest BCUT2D eigenvalue weighted by Gasteiger charge is -2.35. The van der Waals surface area contributed by atoms with E-state index in [-0.39, 0.29) is 22.9 Å². The molecular weight excluding hydrogens is 356 g/mol. The van der Waals surface area contributed by atoms with E-state index in [1.165, 1.54) is 35.2 Å². The Labute approximate surface area is 155 Å². The normalized spacial score (nSPS) is 20.6. The Hall–Kier alpha value is -2.67. The summed E-state index contributed by atoms with van der Waals surface area (Å²) in [5, 5.41) is 10.0. The zero-order valence-electron chi connectivity index (χ0n) is 14.7. The number of nitrogens with zero attached hydrogens (tertiary/aromatic N) is 1. The average Bonchev–Trinajstić information content (AvgIpc) is 3.03. The molecule has 1 unspecified atom stereocenters. The third-order valence-corrected chi connectivity index (χ3v) is 5.00. The van der Waals surface area contributed by atoms with E-state index >= 15 is 0 Å². The van der Waals surface area contributed by atoms with Crippen LogP contribution in [0, 0.1) is 11.6 Å². The van der Waals surface area contributed by atoms with Gasteiger partial charge in [0.15, 0.2) is 11.5 Å². The maximum Gasteiger partial charge on any atom is 0.267 e. The van der Waals surface area contributed by atoms with Crippen LogP contribution < -0.4 is 9.47 Å². The molecule has 2 heterocycles.